The number of carbonyl (C=O) groups is 1. The molecular weight excluding hydrogens is 312 g/mol. The highest BCUT2D eigenvalue weighted by atomic mass is 16.6. The molecule has 0 aromatic heterocycles. The first-order valence-electron chi connectivity index (χ1n) is 10.1. The van der Waals surface area contributed by atoms with Crippen molar-refractivity contribution in [3.63, 3.8) is 0 Å². The van der Waals surface area contributed by atoms with Crippen LogP contribution in [0.4, 0.5) is 0 Å². The molecule has 1 heterocycles. The summed E-state index contributed by atoms with van der Waals surface area (Å²) in [5.41, 5.74) is 1.70. The number of ketones is 1. The second-order valence-corrected chi connectivity index (χ2v) is 9.64. The Morgan fingerprint density at radius 2 is 1.96 bits per heavy atom. The second-order valence-electron chi connectivity index (χ2n) is 9.64. The summed E-state index contributed by atoms with van der Waals surface area (Å²) in [7, 11) is 0. The number of fused-ring (bicyclic) bond motifs is 7. The fraction of sp³-hybridized carbons (Fsp3) is 0.773. The van der Waals surface area contributed by atoms with E-state index >= 15 is 0 Å². The Hall–Kier alpha value is -0.930. The van der Waals surface area contributed by atoms with E-state index in [0.29, 0.717) is 29.8 Å². The van der Waals surface area contributed by atoms with Crippen LogP contribution in [0.5, 0.6) is 0 Å². The molecule has 25 heavy (non-hydrogen) atoms. The van der Waals surface area contributed by atoms with Crippen LogP contribution in [-0.4, -0.2) is 31.2 Å². The Morgan fingerprint density at radius 3 is 2.80 bits per heavy atom. The summed E-state index contributed by atoms with van der Waals surface area (Å²) in [6.45, 7) is 8.76. The molecule has 4 aliphatic carbocycles. The van der Waals surface area contributed by atoms with Gasteiger partial charge in [-0.25, -0.2) is 0 Å². The summed E-state index contributed by atoms with van der Waals surface area (Å²) in [6.07, 6.45) is 11.2. The zero-order valence-corrected chi connectivity index (χ0v) is 15.7. The first kappa shape index (κ1) is 16.3. The van der Waals surface area contributed by atoms with Crippen LogP contribution in [-0.2, 0) is 14.3 Å². The third kappa shape index (κ3) is 2.09. The molecule has 1 saturated heterocycles. The van der Waals surface area contributed by atoms with Crippen LogP contribution in [0.2, 0.25) is 0 Å². The van der Waals surface area contributed by atoms with Gasteiger partial charge in [0.15, 0.2) is 5.78 Å². The maximum Gasteiger partial charge on any atom is 0.178 e. The Kier molecular flexibility index (Phi) is 3.44. The molecule has 0 radical (unpaired) electrons. The molecule has 5 aliphatic rings. The van der Waals surface area contributed by atoms with Crippen LogP contribution in [0, 0.1) is 34.5 Å². The molecule has 4 fully saturated rings. The smallest absolute Gasteiger partial charge is 0.178 e. The van der Waals surface area contributed by atoms with Gasteiger partial charge < -0.3 is 9.47 Å². The molecule has 0 aromatic rings. The number of hydrogen-bond donors (Lipinski definition) is 0. The zero-order chi connectivity index (χ0) is 17.4. The Balaban J connectivity index is 1.53. The van der Waals surface area contributed by atoms with Gasteiger partial charge in [-0.2, -0.15) is 0 Å². The van der Waals surface area contributed by atoms with E-state index in [1.807, 2.05) is 12.2 Å². The number of rotatable bonds is 0. The maximum absolute atomic E-state index is 11.9. The third-order valence-corrected chi connectivity index (χ3v) is 8.53. The van der Waals surface area contributed by atoms with Crippen LogP contribution in [0.3, 0.4) is 0 Å². The van der Waals surface area contributed by atoms with Crippen molar-refractivity contribution in [2.45, 2.75) is 58.7 Å². The van der Waals surface area contributed by atoms with Crippen molar-refractivity contribution in [3.05, 3.63) is 23.8 Å². The Morgan fingerprint density at radius 1 is 1.16 bits per heavy atom. The van der Waals surface area contributed by atoms with Crippen LogP contribution >= 0.6 is 0 Å². The van der Waals surface area contributed by atoms with Crippen LogP contribution < -0.4 is 0 Å². The summed E-state index contributed by atoms with van der Waals surface area (Å²) in [5, 5.41) is 0. The molecule has 136 valence electrons. The van der Waals surface area contributed by atoms with Gasteiger partial charge in [-0.05, 0) is 66.9 Å². The van der Waals surface area contributed by atoms with E-state index in [0.717, 1.165) is 26.1 Å². The average molecular weight is 342 g/mol. The lowest BCUT2D eigenvalue weighted by molar-refractivity contribution is -0.168. The molecule has 0 bridgehead atoms. The predicted octanol–water partition coefficient (Wildman–Crippen LogP) is 3.93. The first-order chi connectivity index (χ1) is 11.9. The summed E-state index contributed by atoms with van der Waals surface area (Å²) in [6, 6.07) is 0. The molecule has 1 aliphatic heterocycles. The van der Waals surface area contributed by atoms with Crippen molar-refractivity contribution >= 4 is 5.78 Å². The van der Waals surface area contributed by atoms with E-state index in [-0.39, 0.29) is 22.7 Å². The zero-order valence-electron chi connectivity index (χ0n) is 15.7. The van der Waals surface area contributed by atoms with E-state index in [1.165, 1.54) is 18.4 Å². The molecule has 5 rings (SSSR count). The second kappa shape index (κ2) is 5.29. The summed E-state index contributed by atoms with van der Waals surface area (Å²) < 4.78 is 12.4. The molecule has 3 heteroatoms. The van der Waals surface area contributed by atoms with Gasteiger partial charge in [0.2, 0.25) is 0 Å². The third-order valence-electron chi connectivity index (χ3n) is 8.53. The minimum absolute atomic E-state index is 0.0713. The molecule has 0 N–H and O–H groups in total. The Bertz CT molecular complexity index is 664. The Labute approximate surface area is 150 Å². The highest BCUT2D eigenvalue weighted by molar-refractivity contribution is 6.01. The maximum atomic E-state index is 11.9. The monoisotopic (exact) mass is 342 g/mol. The summed E-state index contributed by atoms with van der Waals surface area (Å²) in [4.78, 5) is 11.9. The van der Waals surface area contributed by atoms with E-state index < -0.39 is 0 Å². The average Bonchev–Trinajstić information content (AvgIpc) is 2.89. The van der Waals surface area contributed by atoms with Crippen molar-refractivity contribution < 1.29 is 14.3 Å². The molecule has 0 aromatic carbocycles. The minimum Gasteiger partial charge on any atom is -0.373 e. The fourth-order valence-corrected chi connectivity index (χ4v) is 7.32. The highest BCUT2D eigenvalue weighted by Crippen LogP contribution is 2.66. The number of carbonyl (C=O) groups excluding carboxylic acids is 1. The van der Waals surface area contributed by atoms with Crippen LogP contribution in [0.15, 0.2) is 23.8 Å². The van der Waals surface area contributed by atoms with Gasteiger partial charge in [0.25, 0.3) is 0 Å². The molecule has 3 saturated carbocycles. The van der Waals surface area contributed by atoms with Crippen molar-refractivity contribution in [1.29, 1.82) is 0 Å². The molecule has 0 amide bonds. The van der Waals surface area contributed by atoms with Gasteiger partial charge in [0.1, 0.15) is 0 Å². The number of hydrogen-bond acceptors (Lipinski definition) is 3. The molecule has 8 atom stereocenters. The van der Waals surface area contributed by atoms with Gasteiger partial charge in [0, 0.05) is 5.41 Å². The van der Waals surface area contributed by atoms with Gasteiger partial charge in [0.05, 0.1) is 25.4 Å². The quantitative estimate of drug-likeness (QED) is 0.669. The topological polar surface area (TPSA) is 35.5 Å². The minimum atomic E-state index is 0.0713. The summed E-state index contributed by atoms with van der Waals surface area (Å²) in [5.74, 6) is 2.83. The van der Waals surface area contributed by atoms with E-state index in [1.54, 1.807) is 0 Å². The molecule has 0 spiro atoms. The van der Waals surface area contributed by atoms with Crippen molar-refractivity contribution in [2.24, 2.45) is 34.5 Å². The van der Waals surface area contributed by atoms with Crippen molar-refractivity contribution in [2.75, 3.05) is 13.2 Å². The number of allylic oxidation sites excluding steroid dienone is 4. The normalized spacial score (nSPS) is 54.2. The fourth-order valence-electron chi connectivity index (χ4n) is 7.32. The number of ether oxygens (including phenoxy) is 2. The van der Waals surface area contributed by atoms with Crippen molar-refractivity contribution in [3.8, 4) is 0 Å². The highest BCUT2D eigenvalue weighted by Gasteiger charge is 2.63. The lowest BCUT2D eigenvalue weighted by Gasteiger charge is -2.58. The SMILES string of the molecule is C[C@@H]1CC2=CC(=O)C=C[C@]2(C)[C@H]2CC[C@]3(C)C4OCCOC4C[C@H]3[C@H]12. The first-order valence-corrected chi connectivity index (χ1v) is 10.1. The van der Waals surface area contributed by atoms with Crippen LogP contribution in [0.25, 0.3) is 0 Å². The lowest BCUT2D eigenvalue weighted by atomic mass is 9.46. The van der Waals surface area contributed by atoms with Gasteiger partial charge in [-0.1, -0.05) is 32.4 Å². The lowest BCUT2D eigenvalue weighted by Crippen LogP contribution is -2.54. The molecule has 3 nitrogen and oxygen atoms in total. The predicted molar refractivity (Wildman–Crippen MR) is 96.0 cm³/mol. The van der Waals surface area contributed by atoms with Crippen LogP contribution in [0.1, 0.15) is 46.5 Å². The molecule has 2 unspecified atom stereocenters. The van der Waals surface area contributed by atoms with E-state index in [4.69, 9.17) is 9.47 Å². The van der Waals surface area contributed by atoms with E-state index in [9.17, 15) is 4.79 Å². The van der Waals surface area contributed by atoms with Gasteiger partial charge in [-0.3, -0.25) is 4.79 Å². The van der Waals surface area contributed by atoms with Crippen molar-refractivity contribution in [1.82, 2.24) is 0 Å². The molecular formula is C22H30O3. The van der Waals surface area contributed by atoms with Gasteiger partial charge >= 0.3 is 0 Å². The van der Waals surface area contributed by atoms with Gasteiger partial charge in [-0.15, -0.1) is 0 Å². The largest absolute Gasteiger partial charge is 0.373 e. The van der Waals surface area contributed by atoms with E-state index in [2.05, 4.69) is 26.8 Å². The summed E-state index contributed by atoms with van der Waals surface area (Å²) >= 11 is 0. The standard InChI is InChI=1S/C22H30O3/c1-13-10-14-11-15(23)4-6-21(14,2)16-5-7-22(3)17(19(13)16)12-18-20(22)25-9-8-24-18/h4,6,11,13,16-20H,5,7-10,12H2,1-3H3/t13-,16+,17+,18?,19-,20?,21+,22+/m1/s1.